The summed E-state index contributed by atoms with van der Waals surface area (Å²) in [6.07, 6.45) is -2.30. The molecule has 0 heterocycles. The second-order valence-corrected chi connectivity index (χ2v) is 0.355. The van der Waals surface area contributed by atoms with Crippen molar-refractivity contribution < 1.29 is 40.5 Å². The molecule has 0 aliphatic rings. The molecule has 0 radical (unpaired) electrons. The SMILES string of the molecule is F[C-]=C(F)F.[Cd]. The molecule has 0 atom stereocenters. The van der Waals surface area contributed by atoms with Crippen molar-refractivity contribution in [2.75, 3.05) is 0 Å². The van der Waals surface area contributed by atoms with Crippen LogP contribution in [0.4, 0.5) is 13.2 Å². The van der Waals surface area contributed by atoms with Gasteiger partial charge in [0.2, 0.25) is 0 Å². The van der Waals surface area contributed by atoms with Gasteiger partial charge in [0.15, 0.2) is 0 Å². The minimum atomic E-state index is -2.41. The standard InChI is InChI=1S/C2F3.Cd/c3-1-2(4)5;/q-1;. The Labute approximate surface area is 53.2 Å². The summed E-state index contributed by atoms with van der Waals surface area (Å²) in [4.78, 5) is 0. The third kappa shape index (κ3) is 8.82. The molecule has 0 aromatic carbocycles. The minimum Gasteiger partial charge on any atom is -0.453 e. The van der Waals surface area contributed by atoms with Crippen molar-refractivity contribution >= 4 is 0 Å². The summed E-state index contributed by atoms with van der Waals surface area (Å²) in [7, 11) is 0. The van der Waals surface area contributed by atoms with Crippen LogP contribution in [0.15, 0.2) is 6.08 Å². The summed E-state index contributed by atoms with van der Waals surface area (Å²) < 4.78 is 30.5. The van der Waals surface area contributed by atoms with Crippen molar-refractivity contribution in [3.63, 3.8) is 0 Å². The fourth-order valence-corrected chi connectivity index (χ4v) is 0. The summed E-state index contributed by atoms with van der Waals surface area (Å²) in [6.45, 7) is 0. The van der Waals surface area contributed by atoms with Crippen LogP contribution in [0.3, 0.4) is 0 Å². The molecule has 0 fully saturated rings. The van der Waals surface area contributed by atoms with Crippen molar-refractivity contribution in [3.8, 4) is 0 Å². The van der Waals surface area contributed by atoms with Gasteiger partial charge in [-0.2, -0.15) is 0 Å². The van der Waals surface area contributed by atoms with Gasteiger partial charge in [0.1, 0.15) is 6.08 Å². The van der Waals surface area contributed by atoms with Gasteiger partial charge < -0.3 is 4.39 Å². The van der Waals surface area contributed by atoms with Crippen LogP contribution in [-0.4, -0.2) is 0 Å². The predicted octanol–water partition coefficient (Wildman–Crippen LogP) is 1.49. The maximum atomic E-state index is 10.2. The maximum Gasteiger partial charge on any atom is 0.120 e. The molecule has 0 unspecified atom stereocenters. The molecule has 0 aliphatic heterocycles. The molecule has 32 valence electrons. The Morgan fingerprint density at radius 1 is 1.33 bits per heavy atom. The van der Waals surface area contributed by atoms with E-state index in [0.717, 1.165) is 0 Å². The molecule has 0 saturated carbocycles. The summed E-state index contributed by atoms with van der Waals surface area (Å²) >= 11 is 0. The first-order valence-corrected chi connectivity index (χ1v) is 0.817. The molecule has 0 nitrogen and oxygen atoms in total. The van der Waals surface area contributed by atoms with Crippen molar-refractivity contribution in [2.45, 2.75) is 0 Å². The molecular formula is C2CdF3-. The topological polar surface area (TPSA) is 0 Å². The summed E-state index contributed by atoms with van der Waals surface area (Å²) in [5.74, 6) is 0. The van der Waals surface area contributed by atoms with Crippen molar-refractivity contribution in [1.82, 2.24) is 0 Å². The molecule has 0 rings (SSSR count). The third-order valence-electron chi connectivity index (χ3n) is 0.0714. The Bertz CT molecular complexity index is 46.8. The van der Waals surface area contributed by atoms with Crippen LogP contribution in [0.2, 0.25) is 0 Å². The average molecular weight is 193 g/mol. The van der Waals surface area contributed by atoms with Crippen molar-refractivity contribution in [2.24, 2.45) is 0 Å². The monoisotopic (exact) mass is 195 g/mol. The molecule has 0 aliphatic carbocycles. The maximum absolute atomic E-state index is 10.2. The average Bonchev–Trinajstić information content (AvgIpc) is 1.38. The summed E-state index contributed by atoms with van der Waals surface area (Å²) in [5.41, 5.74) is 0. The quantitative estimate of drug-likeness (QED) is 0.404. The van der Waals surface area contributed by atoms with Gasteiger partial charge in [0.05, 0.1) is 0 Å². The number of halogens is 3. The smallest absolute Gasteiger partial charge is 0.120 e. The van der Waals surface area contributed by atoms with Crippen LogP contribution in [-0.2, 0) is 27.3 Å². The van der Waals surface area contributed by atoms with Gasteiger partial charge in [-0.15, -0.1) is 0 Å². The van der Waals surface area contributed by atoms with Gasteiger partial charge in [-0.1, -0.05) is 0 Å². The van der Waals surface area contributed by atoms with Gasteiger partial charge >= 0.3 is 0 Å². The second kappa shape index (κ2) is 5.45. The minimum absolute atomic E-state index is 0. The normalized spacial score (nSPS) is 5.83. The first kappa shape index (κ1) is 9.68. The molecule has 0 amide bonds. The van der Waals surface area contributed by atoms with Crippen LogP contribution < -0.4 is 0 Å². The first-order chi connectivity index (χ1) is 2.27. The van der Waals surface area contributed by atoms with E-state index in [1.165, 1.54) is 0 Å². The van der Waals surface area contributed by atoms with E-state index in [9.17, 15) is 13.2 Å². The number of hydrogen-bond acceptors (Lipinski definition) is 0. The van der Waals surface area contributed by atoms with Crippen LogP contribution >= 0.6 is 0 Å². The molecule has 4 heteroatoms. The molecular weight excluding hydrogens is 193 g/mol. The van der Waals surface area contributed by atoms with Gasteiger partial charge in [0.25, 0.3) is 0 Å². The zero-order valence-corrected chi connectivity index (χ0v) is 6.88. The molecule has 0 bridgehead atoms. The fourth-order valence-electron chi connectivity index (χ4n) is 0. The van der Waals surface area contributed by atoms with Crippen LogP contribution in [0.1, 0.15) is 0 Å². The number of rotatable bonds is 0. The van der Waals surface area contributed by atoms with Gasteiger partial charge in [-0.25, -0.2) is 15.1 Å². The zero-order chi connectivity index (χ0) is 4.28. The predicted molar refractivity (Wildman–Crippen MR) is 10.1 cm³/mol. The first-order valence-electron chi connectivity index (χ1n) is 0.817. The van der Waals surface area contributed by atoms with Gasteiger partial charge in [0, 0.05) is 27.3 Å². The van der Waals surface area contributed by atoms with E-state index in [0.29, 0.717) is 0 Å². The fraction of sp³-hybridized carbons (Fsp3) is 0. The van der Waals surface area contributed by atoms with Crippen LogP contribution in [0.5, 0.6) is 0 Å². The van der Waals surface area contributed by atoms with Crippen LogP contribution in [0, 0.1) is 6.33 Å². The Balaban J connectivity index is 0. The number of hydrogen-bond donors (Lipinski definition) is 0. The molecule has 0 saturated heterocycles. The van der Waals surface area contributed by atoms with Crippen molar-refractivity contribution in [3.05, 3.63) is 12.4 Å². The molecule has 6 heavy (non-hydrogen) atoms. The molecule has 0 aromatic heterocycles. The van der Waals surface area contributed by atoms with Gasteiger partial charge in [-0.05, 0) is 0 Å². The zero-order valence-electron chi connectivity index (χ0n) is 2.84. The van der Waals surface area contributed by atoms with E-state index in [2.05, 4.69) is 0 Å². The summed E-state index contributed by atoms with van der Waals surface area (Å²) in [6, 6.07) is 0. The van der Waals surface area contributed by atoms with E-state index in [-0.39, 0.29) is 33.6 Å². The van der Waals surface area contributed by atoms with E-state index in [4.69, 9.17) is 0 Å². The van der Waals surface area contributed by atoms with E-state index in [1.54, 1.807) is 0 Å². The van der Waals surface area contributed by atoms with E-state index in [1.807, 2.05) is 0 Å². The van der Waals surface area contributed by atoms with Crippen LogP contribution in [0.25, 0.3) is 0 Å². The molecule has 0 N–H and O–H groups in total. The Morgan fingerprint density at radius 2 is 1.50 bits per heavy atom. The Kier molecular flexibility index (Phi) is 8.79. The van der Waals surface area contributed by atoms with Crippen molar-refractivity contribution in [1.29, 1.82) is 0 Å². The van der Waals surface area contributed by atoms with Gasteiger partial charge in [-0.3, -0.25) is 0 Å². The molecule has 0 spiro atoms. The Morgan fingerprint density at radius 3 is 1.50 bits per heavy atom. The molecule has 0 aromatic rings. The van der Waals surface area contributed by atoms with E-state index < -0.39 is 6.08 Å². The largest absolute Gasteiger partial charge is 0.453 e. The summed E-state index contributed by atoms with van der Waals surface area (Å²) in [5, 5.41) is 0. The third-order valence-corrected chi connectivity index (χ3v) is 0.0714. The Hall–Kier alpha value is 0.452. The second-order valence-electron chi connectivity index (χ2n) is 0.355. The van der Waals surface area contributed by atoms with E-state index >= 15 is 0 Å².